The molecule has 0 bridgehead atoms. The molecule has 0 heterocycles. The van der Waals surface area contributed by atoms with Crippen molar-refractivity contribution in [3.05, 3.63) is 29.8 Å². The third-order valence-corrected chi connectivity index (χ3v) is 3.40. The van der Waals surface area contributed by atoms with E-state index in [2.05, 4.69) is 43.0 Å². The average molecular weight is 238 g/mol. The maximum Gasteiger partial charge on any atom is 0.0452 e. The second-order valence-electron chi connectivity index (χ2n) is 4.32. The van der Waals surface area contributed by atoms with Crippen molar-refractivity contribution in [2.45, 2.75) is 30.4 Å². The van der Waals surface area contributed by atoms with Crippen LogP contribution in [-0.4, -0.2) is 30.4 Å². The van der Waals surface area contributed by atoms with Crippen LogP contribution in [0.2, 0.25) is 0 Å². The average Bonchev–Trinajstić information content (AvgIpc) is 2.27. The van der Waals surface area contributed by atoms with E-state index < -0.39 is 0 Å². The van der Waals surface area contributed by atoms with Gasteiger partial charge >= 0.3 is 0 Å². The molecule has 0 aromatic heterocycles. The summed E-state index contributed by atoms with van der Waals surface area (Å²) in [6, 6.07) is 8.86. The van der Waals surface area contributed by atoms with E-state index in [-0.39, 0.29) is 0 Å². The third-order valence-electron chi connectivity index (χ3n) is 2.39. The lowest BCUT2D eigenvalue weighted by atomic mass is 10.1. The first-order valence-electron chi connectivity index (χ1n) is 5.76. The molecule has 1 aromatic carbocycles. The molecule has 0 atom stereocenters. The molecule has 1 rings (SSSR count). The van der Waals surface area contributed by atoms with Crippen molar-refractivity contribution < 1.29 is 0 Å². The minimum atomic E-state index is 0.626. The van der Waals surface area contributed by atoms with Crippen LogP contribution in [0.15, 0.2) is 29.2 Å². The Hall–Kier alpha value is -0.510. The predicted molar refractivity (Wildman–Crippen MR) is 72.8 cm³/mol. The van der Waals surface area contributed by atoms with Crippen LogP contribution in [0, 0.1) is 0 Å². The first-order valence-corrected chi connectivity index (χ1v) is 6.64. The maximum atomic E-state index is 5.54. The summed E-state index contributed by atoms with van der Waals surface area (Å²) in [5, 5.41) is 0.647. The van der Waals surface area contributed by atoms with Crippen LogP contribution in [-0.2, 0) is 6.42 Å². The second-order valence-corrected chi connectivity index (χ2v) is 5.97. The Balaban J connectivity index is 2.45. The molecule has 2 nitrogen and oxygen atoms in total. The van der Waals surface area contributed by atoms with Crippen molar-refractivity contribution in [2.75, 3.05) is 20.3 Å². The SMILES string of the molecule is CC(C)Sc1ccc(CCN(C)CN)cc1. The van der Waals surface area contributed by atoms with Gasteiger partial charge < -0.3 is 5.73 Å². The lowest BCUT2D eigenvalue weighted by Gasteiger charge is -2.13. The van der Waals surface area contributed by atoms with Crippen molar-refractivity contribution in [1.29, 1.82) is 0 Å². The van der Waals surface area contributed by atoms with Gasteiger partial charge in [-0.1, -0.05) is 26.0 Å². The van der Waals surface area contributed by atoms with E-state index in [1.54, 1.807) is 0 Å². The van der Waals surface area contributed by atoms with Crippen molar-refractivity contribution in [3.8, 4) is 0 Å². The highest BCUT2D eigenvalue weighted by molar-refractivity contribution is 7.99. The van der Waals surface area contributed by atoms with Gasteiger partial charge in [0.25, 0.3) is 0 Å². The highest BCUT2D eigenvalue weighted by atomic mass is 32.2. The molecule has 0 spiro atoms. The van der Waals surface area contributed by atoms with Gasteiger partial charge in [-0.05, 0) is 31.2 Å². The molecule has 16 heavy (non-hydrogen) atoms. The molecule has 0 fully saturated rings. The summed E-state index contributed by atoms with van der Waals surface area (Å²) in [6.45, 7) is 6.08. The number of hydrogen-bond donors (Lipinski definition) is 1. The molecule has 90 valence electrons. The van der Waals surface area contributed by atoms with Gasteiger partial charge in [-0.2, -0.15) is 0 Å². The molecule has 0 unspecified atom stereocenters. The number of nitrogens with two attached hydrogens (primary N) is 1. The van der Waals surface area contributed by atoms with Gasteiger partial charge in [0.15, 0.2) is 0 Å². The van der Waals surface area contributed by atoms with E-state index in [0.29, 0.717) is 11.9 Å². The van der Waals surface area contributed by atoms with Crippen LogP contribution in [0.25, 0.3) is 0 Å². The summed E-state index contributed by atoms with van der Waals surface area (Å²) in [4.78, 5) is 3.47. The minimum absolute atomic E-state index is 0.626. The van der Waals surface area contributed by atoms with Crippen LogP contribution in [0.3, 0.4) is 0 Å². The quantitative estimate of drug-likeness (QED) is 0.610. The van der Waals surface area contributed by atoms with Gasteiger partial charge in [0.05, 0.1) is 0 Å². The van der Waals surface area contributed by atoms with Gasteiger partial charge in [0.2, 0.25) is 0 Å². The standard InChI is InChI=1S/C13H22N2S/c1-11(2)16-13-6-4-12(5-7-13)8-9-15(3)10-14/h4-7,11H,8-10,14H2,1-3H3. The monoisotopic (exact) mass is 238 g/mol. The van der Waals surface area contributed by atoms with E-state index in [1.807, 2.05) is 18.8 Å². The number of thioether (sulfide) groups is 1. The van der Waals surface area contributed by atoms with Crippen molar-refractivity contribution in [1.82, 2.24) is 4.90 Å². The van der Waals surface area contributed by atoms with E-state index in [0.717, 1.165) is 13.0 Å². The molecular weight excluding hydrogens is 216 g/mol. The number of likely N-dealkylation sites (N-methyl/N-ethyl adjacent to an activating group) is 1. The molecule has 0 radical (unpaired) electrons. The third kappa shape index (κ3) is 5.01. The van der Waals surface area contributed by atoms with E-state index in [4.69, 9.17) is 5.73 Å². The molecule has 3 heteroatoms. The van der Waals surface area contributed by atoms with Crippen LogP contribution in [0.1, 0.15) is 19.4 Å². The lowest BCUT2D eigenvalue weighted by molar-refractivity contribution is 0.349. The smallest absolute Gasteiger partial charge is 0.0452 e. The van der Waals surface area contributed by atoms with Crippen molar-refractivity contribution in [2.24, 2.45) is 5.73 Å². The Kier molecular flexibility index (Phi) is 5.88. The summed E-state index contributed by atoms with van der Waals surface area (Å²) in [5.41, 5.74) is 6.92. The summed E-state index contributed by atoms with van der Waals surface area (Å²) < 4.78 is 0. The Morgan fingerprint density at radius 2 is 1.88 bits per heavy atom. The molecule has 0 saturated heterocycles. The molecule has 0 aliphatic heterocycles. The van der Waals surface area contributed by atoms with E-state index in [9.17, 15) is 0 Å². The minimum Gasteiger partial charge on any atom is -0.318 e. The second kappa shape index (κ2) is 6.94. The van der Waals surface area contributed by atoms with Gasteiger partial charge in [-0.3, -0.25) is 4.90 Å². The molecule has 0 aliphatic carbocycles. The summed E-state index contributed by atoms with van der Waals surface area (Å²) in [5.74, 6) is 0. The van der Waals surface area contributed by atoms with Crippen molar-refractivity contribution in [3.63, 3.8) is 0 Å². The number of hydrogen-bond acceptors (Lipinski definition) is 3. The Morgan fingerprint density at radius 1 is 1.25 bits per heavy atom. The normalized spacial score (nSPS) is 11.4. The van der Waals surface area contributed by atoms with Crippen molar-refractivity contribution >= 4 is 11.8 Å². The van der Waals surface area contributed by atoms with Crippen LogP contribution in [0.4, 0.5) is 0 Å². The van der Waals surface area contributed by atoms with Gasteiger partial charge in [0, 0.05) is 23.4 Å². The van der Waals surface area contributed by atoms with Crippen LogP contribution < -0.4 is 5.73 Å². The fourth-order valence-corrected chi connectivity index (χ4v) is 2.26. The first-order chi connectivity index (χ1) is 7.61. The predicted octanol–water partition coefficient (Wildman–Crippen LogP) is 2.58. The molecule has 0 amide bonds. The molecule has 1 aromatic rings. The molecular formula is C13H22N2S. The van der Waals surface area contributed by atoms with Gasteiger partial charge in [-0.15, -0.1) is 11.8 Å². The van der Waals surface area contributed by atoms with Crippen LogP contribution >= 0.6 is 11.8 Å². The molecule has 0 aliphatic rings. The maximum absolute atomic E-state index is 5.54. The Morgan fingerprint density at radius 3 is 2.38 bits per heavy atom. The zero-order chi connectivity index (χ0) is 12.0. The Bertz CT molecular complexity index is 295. The number of benzene rings is 1. The summed E-state index contributed by atoms with van der Waals surface area (Å²) in [7, 11) is 2.04. The fraction of sp³-hybridized carbons (Fsp3) is 0.538. The van der Waals surface area contributed by atoms with Gasteiger partial charge in [0.1, 0.15) is 0 Å². The zero-order valence-electron chi connectivity index (χ0n) is 10.4. The van der Waals surface area contributed by atoms with E-state index in [1.165, 1.54) is 10.5 Å². The summed E-state index contributed by atoms with van der Waals surface area (Å²) >= 11 is 1.91. The summed E-state index contributed by atoms with van der Waals surface area (Å²) in [6.07, 6.45) is 1.07. The zero-order valence-corrected chi connectivity index (χ0v) is 11.3. The topological polar surface area (TPSA) is 29.3 Å². The highest BCUT2D eigenvalue weighted by Crippen LogP contribution is 2.22. The van der Waals surface area contributed by atoms with Gasteiger partial charge in [-0.25, -0.2) is 0 Å². The number of rotatable bonds is 6. The molecule has 2 N–H and O–H groups in total. The Labute approximate surface area is 103 Å². The highest BCUT2D eigenvalue weighted by Gasteiger charge is 2.00. The fourth-order valence-electron chi connectivity index (χ4n) is 1.42. The largest absolute Gasteiger partial charge is 0.318 e. The number of nitrogens with zero attached hydrogens (tertiary/aromatic N) is 1. The van der Waals surface area contributed by atoms with Crippen LogP contribution in [0.5, 0.6) is 0 Å². The van der Waals surface area contributed by atoms with E-state index >= 15 is 0 Å². The lowest BCUT2D eigenvalue weighted by Crippen LogP contribution is -2.27. The molecule has 0 saturated carbocycles. The first kappa shape index (κ1) is 13.6.